The van der Waals surface area contributed by atoms with Crippen LogP contribution in [0.5, 0.6) is 0 Å². The lowest BCUT2D eigenvalue weighted by Gasteiger charge is -2.18. The van der Waals surface area contributed by atoms with Gasteiger partial charge in [0.2, 0.25) is 5.89 Å². The van der Waals surface area contributed by atoms with E-state index in [9.17, 15) is 4.79 Å². The zero-order valence-electron chi connectivity index (χ0n) is 14.7. The molecule has 0 bridgehead atoms. The highest BCUT2D eigenvalue weighted by Crippen LogP contribution is 2.38. The molecule has 0 radical (unpaired) electrons. The van der Waals surface area contributed by atoms with E-state index in [4.69, 9.17) is 4.52 Å². The maximum Gasteiger partial charge on any atom is 0.270 e. The first-order valence-corrected chi connectivity index (χ1v) is 8.66. The monoisotopic (exact) mass is 331 g/mol. The zero-order valence-corrected chi connectivity index (χ0v) is 14.7. The minimum Gasteiger partial charge on any atom is -0.339 e. The summed E-state index contributed by atoms with van der Waals surface area (Å²) < 4.78 is 7.03. The summed E-state index contributed by atoms with van der Waals surface area (Å²) in [6.07, 6.45) is 4.10. The Balaban J connectivity index is 1.76. The first kappa shape index (κ1) is 16.7. The number of nitrogens with zero attached hydrogens (tertiary/aromatic N) is 4. The lowest BCUT2D eigenvalue weighted by Crippen LogP contribution is -2.33. The molecule has 1 aliphatic carbocycles. The highest BCUT2D eigenvalue weighted by atomic mass is 16.5. The van der Waals surface area contributed by atoms with Crippen molar-refractivity contribution in [3.8, 4) is 0 Å². The van der Waals surface area contributed by atoms with Crippen LogP contribution in [-0.4, -0.2) is 25.8 Å². The Morgan fingerprint density at radius 1 is 1.46 bits per heavy atom. The molecule has 2 heterocycles. The van der Waals surface area contributed by atoms with Crippen molar-refractivity contribution >= 4 is 5.91 Å². The van der Waals surface area contributed by atoms with Gasteiger partial charge in [-0.15, -0.1) is 0 Å². The molecule has 1 amide bonds. The van der Waals surface area contributed by atoms with Crippen LogP contribution in [0.4, 0.5) is 0 Å². The van der Waals surface area contributed by atoms with E-state index in [1.54, 1.807) is 11.7 Å². The molecule has 2 aromatic heterocycles. The van der Waals surface area contributed by atoms with Crippen molar-refractivity contribution in [2.45, 2.75) is 58.4 Å². The summed E-state index contributed by atoms with van der Waals surface area (Å²) in [6.45, 7) is 6.14. The van der Waals surface area contributed by atoms with Gasteiger partial charge in [-0.3, -0.25) is 9.48 Å². The Bertz CT molecular complexity index is 714. The van der Waals surface area contributed by atoms with Crippen molar-refractivity contribution in [2.24, 2.45) is 13.0 Å². The number of nitrogens with one attached hydrogen (secondary N) is 1. The van der Waals surface area contributed by atoms with Crippen LogP contribution in [0.2, 0.25) is 0 Å². The van der Waals surface area contributed by atoms with E-state index in [-0.39, 0.29) is 17.9 Å². The lowest BCUT2D eigenvalue weighted by atomic mass is 10.0. The van der Waals surface area contributed by atoms with Gasteiger partial charge in [0.15, 0.2) is 5.82 Å². The van der Waals surface area contributed by atoms with Crippen LogP contribution in [0.15, 0.2) is 10.6 Å². The van der Waals surface area contributed by atoms with Crippen molar-refractivity contribution in [1.29, 1.82) is 0 Å². The Labute approximate surface area is 141 Å². The quantitative estimate of drug-likeness (QED) is 0.843. The number of aryl methyl sites for hydroxylation is 2. The third-order valence-electron chi connectivity index (χ3n) is 4.29. The van der Waals surface area contributed by atoms with Crippen molar-refractivity contribution in [3.05, 3.63) is 29.2 Å². The number of amides is 1. The van der Waals surface area contributed by atoms with Gasteiger partial charge >= 0.3 is 0 Å². The molecule has 1 fully saturated rings. The van der Waals surface area contributed by atoms with Gasteiger partial charge in [-0.1, -0.05) is 32.3 Å². The molecule has 0 saturated heterocycles. The molecule has 0 spiro atoms. The molecular weight excluding hydrogens is 306 g/mol. The Morgan fingerprint density at radius 3 is 2.83 bits per heavy atom. The second kappa shape index (κ2) is 6.75. The van der Waals surface area contributed by atoms with E-state index in [2.05, 4.69) is 27.5 Å². The van der Waals surface area contributed by atoms with Crippen LogP contribution in [0, 0.1) is 5.92 Å². The number of aromatic nitrogens is 4. The first-order valence-electron chi connectivity index (χ1n) is 8.66. The predicted molar refractivity (Wildman–Crippen MR) is 88.5 cm³/mol. The van der Waals surface area contributed by atoms with Gasteiger partial charge in [0.25, 0.3) is 5.91 Å². The lowest BCUT2D eigenvalue weighted by molar-refractivity contribution is 0.0904. The second-order valence-electron chi connectivity index (χ2n) is 6.85. The third kappa shape index (κ3) is 3.49. The smallest absolute Gasteiger partial charge is 0.270 e. The van der Waals surface area contributed by atoms with E-state index >= 15 is 0 Å². The topological polar surface area (TPSA) is 85.8 Å². The number of carbonyl (C=O) groups excluding carboxylic acids is 1. The fourth-order valence-electron chi connectivity index (χ4n) is 2.73. The van der Waals surface area contributed by atoms with Gasteiger partial charge in [0, 0.05) is 13.0 Å². The molecule has 1 unspecified atom stereocenters. The van der Waals surface area contributed by atoms with E-state index in [1.165, 1.54) is 0 Å². The summed E-state index contributed by atoms with van der Waals surface area (Å²) in [7, 11) is 1.79. The highest BCUT2D eigenvalue weighted by Gasteiger charge is 2.32. The summed E-state index contributed by atoms with van der Waals surface area (Å²) >= 11 is 0. The van der Waals surface area contributed by atoms with Gasteiger partial charge in [0.05, 0.1) is 5.69 Å². The van der Waals surface area contributed by atoms with Crippen LogP contribution in [-0.2, 0) is 13.5 Å². The molecule has 0 aliphatic heterocycles. The van der Waals surface area contributed by atoms with E-state index in [0.29, 0.717) is 17.5 Å². The molecule has 1 aliphatic rings. The van der Waals surface area contributed by atoms with Crippen LogP contribution in [0.1, 0.15) is 79.9 Å². The average Bonchev–Trinajstić information content (AvgIpc) is 3.15. The minimum atomic E-state index is -0.304. The molecule has 1 saturated carbocycles. The molecule has 130 valence electrons. The number of rotatable bonds is 7. The van der Waals surface area contributed by atoms with E-state index in [0.717, 1.165) is 37.2 Å². The van der Waals surface area contributed by atoms with E-state index in [1.807, 2.05) is 19.9 Å². The van der Waals surface area contributed by atoms with Crippen LogP contribution in [0.3, 0.4) is 0 Å². The van der Waals surface area contributed by atoms with Crippen molar-refractivity contribution in [3.63, 3.8) is 0 Å². The van der Waals surface area contributed by atoms with Crippen LogP contribution >= 0.6 is 0 Å². The third-order valence-corrected chi connectivity index (χ3v) is 4.29. The summed E-state index contributed by atoms with van der Waals surface area (Å²) in [5.41, 5.74) is 1.48. The maximum absolute atomic E-state index is 12.7. The standard InChI is InChI=1S/C17H25N5O2/c1-5-6-12-9-13(22(4)20-12)16(23)18-14(10(2)3)17-19-15(21-24-17)11-7-8-11/h9-11,14H,5-8H2,1-4H3,(H,18,23). The molecule has 1 atom stereocenters. The highest BCUT2D eigenvalue weighted by molar-refractivity contribution is 5.92. The normalized spacial score (nSPS) is 15.7. The van der Waals surface area contributed by atoms with Crippen molar-refractivity contribution in [1.82, 2.24) is 25.2 Å². The molecule has 7 nitrogen and oxygen atoms in total. The van der Waals surface area contributed by atoms with Crippen molar-refractivity contribution in [2.75, 3.05) is 0 Å². The molecule has 3 rings (SSSR count). The summed E-state index contributed by atoms with van der Waals surface area (Å²) in [6, 6.07) is 1.54. The fraction of sp³-hybridized carbons (Fsp3) is 0.647. The van der Waals surface area contributed by atoms with Crippen LogP contribution in [0.25, 0.3) is 0 Å². The largest absolute Gasteiger partial charge is 0.339 e. The molecule has 7 heteroatoms. The second-order valence-corrected chi connectivity index (χ2v) is 6.85. The van der Waals surface area contributed by atoms with Gasteiger partial charge in [0.1, 0.15) is 11.7 Å². The van der Waals surface area contributed by atoms with Gasteiger partial charge in [-0.05, 0) is 31.2 Å². The maximum atomic E-state index is 12.7. The Hall–Kier alpha value is -2.18. The minimum absolute atomic E-state index is 0.143. The van der Waals surface area contributed by atoms with Crippen molar-refractivity contribution < 1.29 is 9.32 Å². The van der Waals surface area contributed by atoms with E-state index < -0.39 is 0 Å². The Kier molecular flexibility index (Phi) is 4.69. The number of hydrogen-bond donors (Lipinski definition) is 1. The molecule has 2 aromatic rings. The molecule has 0 aromatic carbocycles. The number of hydrogen-bond acceptors (Lipinski definition) is 5. The molecule has 1 N–H and O–H groups in total. The predicted octanol–water partition coefficient (Wildman–Crippen LogP) is 2.76. The van der Waals surface area contributed by atoms with Crippen LogP contribution < -0.4 is 5.32 Å². The first-order chi connectivity index (χ1) is 11.5. The fourth-order valence-corrected chi connectivity index (χ4v) is 2.73. The summed E-state index contributed by atoms with van der Waals surface area (Å²) in [5.74, 6) is 1.65. The SMILES string of the molecule is CCCc1cc(C(=O)NC(c2nc(C3CC3)no2)C(C)C)n(C)n1. The summed E-state index contributed by atoms with van der Waals surface area (Å²) in [4.78, 5) is 17.1. The Morgan fingerprint density at radius 2 is 2.21 bits per heavy atom. The average molecular weight is 331 g/mol. The van der Waals surface area contributed by atoms with Gasteiger partial charge < -0.3 is 9.84 Å². The molecule has 24 heavy (non-hydrogen) atoms. The van der Waals surface area contributed by atoms with Gasteiger partial charge in [-0.25, -0.2) is 0 Å². The molecular formula is C17H25N5O2. The number of carbonyl (C=O) groups is 1. The zero-order chi connectivity index (χ0) is 17.3. The van der Waals surface area contributed by atoms with Gasteiger partial charge in [-0.2, -0.15) is 10.1 Å². The summed E-state index contributed by atoms with van der Waals surface area (Å²) in [5, 5.41) is 11.5.